The van der Waals surface area contributed by atoms with Crippen molar-refractivity contribution in [2.45, 2.75) is 44.3 Å². The van der Waals surface area contributed by atoms with Crippen molar-refractivity contribution in [2.24, 2.45) is 0 Å². The monoisotopic (exact) mass is 362 g/mol. The fourth-order valence-electron chi connectivity index (χ4n) is 3.43. The Bertz CT molecular complexity index is 779. The average Bonchev–Trinajstić information content (AvgIpc) is 3.01. The van der Waals surface area contributed by atoms with Crippen LogP contribution in [0.3, 0.4) is 0 Å². The van der Waals surface area contributed by atoms with Gasteiger partial charge >= 0.3 is 0 Å². The Morgan fingerprint density at radius 3 is 2.52 bits per heavy atom. The summed E-state index contributed by atoms with van der Waals surface area (Å²) in [6, 6.07) is 0.575. The second-order valence-corrected chi connectivity index (χ2v) is 7.60. The predicted octanol–water partition coefficient (Wildman–Crippen LogP) is 1.56. The molecule has 0 unspecified atom stereocenters. The summed E-state index contributed by atoms with van der Waals surface area (Å²) in [7, 11) is 4.22. The standard InChI is InChI=1S/C17H26N6OS/c1-11-14(12(2)23-16(18-11)19-17(20-23)25-5)10-15(24)22-8-6-13(7-9-22)21(3)4/h13H,6-10H2,1-5H3. The fourth-order valence-corrected chi connectivity index (χ4v) is 3.76. The molecular formula is C17H26N6OS. The molecule has 0 spiro atoms. The van der Waals surface area contributed by atoms with Crippen LogP contribution in [0.15, 0.2) is 5.16 Å². The minimum atomic E-state index is 0.176. The first-order chi connectivity index (χ1) is 11.9. The van der Waals surface area contributed by atoms with Crippen molar-refractivity contribution in [1.82, 2.24) is 29.4 Å². The van der Waals surface area contributed by atoms with Crippen LogP contribution in [0.2, 0.25) is 0 Å². The van der Waals surface area contributed by atoms with E-state index in [0.29, 0.717) is 23.4 Å². The minimum Gasteiger partial charge on any atom is -0.342 e. The van der Waals surface area contributed by atoms with Crippen LogP contribution in [0.4, 0.5) is 0 Å². The van der Waals surface area contributed by atoms with Crippen LogP contribution < -0.4 is 0 Å². The van der Waals surface area contributed by atoms with Crippen molar-refractivity contribution in [3.8, 4) is 0 Å². The Morgan fingerprint density at radius 1 is 1.24 bits per heavy atom. The van der Waals surface area contributed by atoms with Gasteiger partial charge in [-0.3, -0.25) is 4.79 Å². The van der Waals surface area contributed by atoms with Crippen molar-refractivity contribution < 1.29 is 4.79 Å². The molecule has 0 radical (unpaired) electrons. The first-order valence-corrected chi connectivity index (χ1v) is 9.84. The molecule has 1 fully saturated rings. The third-order valence-corrected chi connectivity index (χ3v) is 5.63. The zero-order chi connectivity index (χ0) is 18.1. The number of fused-ring (bicyclic) bond motifs is 1. The third kappa shape index (κ3) is 3.64. The first kappa shape index (κ1) is 18.1. The smallest absolute Gasteiger partial charge is 0.253 e. The van der Waals surface area contributed by atoms with Gasteiger partial charge in [0.25, 0.3) is 5.78 Å². The van der Waals surface area contributed by atoms with Crippen LogP contribution in [-0.2, 0) is 11.2 Å². The highest BCUT2D eigenvalue weighted by Gasteiger charge is 2.25. The molecule has 0 N–H and O–H groups in total. The Kier molecular flexibility index (Phi) is 5.29. The van der Waals surface area contributed by atoms with Crippen LogP contribution in [0.1, 0.15) is 29.8 Å². The molecular weight excluding hydrogens is 336 g/mol. The summed E-state index contributed by atoms with van der Waals surface area (Å²) < 4.78 is 1.75. The topological polar surface area (TPSA) is 66.6 Å². The molecule has 25 heavy (non-hydrogen) atoms. The van der Waals surface area contributed by atoms with Gasteiger partial charge in [0.2, 0.25) is 11.1 Å². The van der Waals surface area contributed by atoms with E-state index in [4.69, 9.17) is 0 Å². The summed E-state index contributed by atoms with van der Waals surface area (Å²) >= 11 is 1.49. The van der Waals surface area contributed by atoms with Crippen LogP contribution in [0, 0.1) is 13.8 Å². The van der Waals surface area contributed by atoms with Gasteiger partial charge in [0.15, 0.2) is 0 Å². The summed E-state index contributed by atoms with van der Waals surface area (Å²) in [5.74, 6) is 0.775. The van der Waals surface area contributed by atoms with E-state index in [9.17, 15) is 4.79 Å². The van der Waals surface area contributed by atoms with Gasteiger partial charge in [-0.05, 0) is 47.0 Å². The normalized spacial score (nSPS) is 16.2. The molecule has 0 aromatic carbocycles. The van der Waals surface area contributed by atoms with Gasteiger partial charge in [-0.15, -0.1) is 5.10 Å². The summed E-state index contributed by atoms with van der Waals surface area (Å²) in [6.45, 7) is 5.59. The van der Waals surface area contributed by atoms with Crippen molar-refractivity contribution in [3.63, 3.8) is 0 Å². The van der Waals surface area contributed by atoms with Gasteiger partial charge in [0.05, 0.1) is 6.42 Å². The highest BCUT2D eigenvalue weighted by Crippen LogP contribution is 2.20. The number of amides is 1. The molecule has 3 heterocycles. The summed E-state index contributed by atoms with van der Waals surface area (Å²) in [4.78, 5) is 25.9. The van der Waals surface area contributed by atoms with Gasteiger partial charge in [0, 0.05) is 36.1 Å². The molecule has 2 aromatic rings. The van der Waals surface area contributed by atoms with E-state index < -0.39 is 0 Å². The maximum absolute atomic E-state index is 12.8. The number of aromatic nitrogens is 4. The molecule has 3 rings (SSSR count). The number of likely N-dealkylation sites (tertiary alicyclic amines) is 1. The summed E-state index contributed by atoms with van der Waals surface area (Å²) in [5, 5.41) is 5.16. The Hall–Kier alpha value is -1.67. The molecule has 1 amide bonds. The highest BCUT2D eigenvalue weighted by molar-refractivity contribution is 7.98. The van der Waals surface area contributed by atoms with E-state index in [-0.39, 0.29) is 5.91 Å². The quantitative estimate of drug-likeness (QED) is 0.769. The molecule has 0 aliphatic carbocycles. The van der Waals surface area contributed by atoms with E-state index >= 15 is 0 Å². The van der Waals surface area contributed by atoms with E-state index in [1.165, 1.54) is 11.8 Å². The molecule has 7 nitrogen and oxygen atoms in total. The zero-order valence-corrected chi connectivity index (χ0v) is 16.4. The van der Waals surface area contributed by atoms with Crippen LogP contribution in [0.25, 0.3) is 5.78 Å². The Balaban J connectivity index is 1.77. The van der Waals surface area contributed by atoms with Crippen LogP contribution >= 0.6 is 11.8 Å². The lowest BCUT2D eigenvalue weighted by molar-refractivity contribution is -0.131. The van der Waals surface area contributed by atoms with Gasteiger partial charge in [-0.25, -0.2) is 9.50 Å². The molecule has 136 valence electrons. The second kappa shape index (κ2) is 7.29. The number of rotatable bonds is 4. The lowest BCUT2D eigenvalue weighted by Crippen LogP contribution is -2.45. The molecule has 0 bridgehead atoms. The SMILES string of the molecule is CSc1nc2nc(C)c(CC(=O)N3CCC(N(C)C)CC3)c(C)n2n1. The summed E-state index contributed by atoms with van der Waals surface area (Å²) in [5.41, 5.74) is 2.78. The highest BCUT2D eigenvalue weighted by atomic mass is 32.2. The zero-order valence-electron chi connectivity index (χ0n) is 15.6. The predicted molar refractivity (Wildman–Crippen MR) is 99.0 cm³/mol. The number of carbonyl (C=O) groups is 1. The lowest BCUT2D eigenvalue weighted by Gasteiger charge is -2.35. The molecule has 2 aromatic heterocycles. The molecule has 8 heteroatoms. The number of aryl methyl sites for hydroxylation is 2. The third-order valence-electron chi connectivity index (χ3n) is 5.09. The number of piperidine rings is 1. The number of nitrogens with zero attached hydrogens (tertiary/aromatic N) is 6. The maximum atomic E-state index is 12.8. The fraction of sp³-hybridized carbons (Fsp3) is 0.647. The van der Waals surface area contributed by atoms with Crippen molar-refractivity contribution in [2.75, 3.05) is 33.4 Å². The largest absolute Gasteiger partial charge is 0.342 e. The minimum absolute atomic E-state index is 0.176. The lowest BCUT2D eigenvalue weighted by atomic mass is 10.0. The molecule has 1 saturated heterocycles. The average molecular weight is 363 g/mol. The number of thioether (sulfide) groups is 1. The van der Waals surface area contributed by atoms with Crippen molar-refractivity contribution >= 4 is 23.4 Å². The molecule has 1 aliphatic rings. The van der Waals surface area contributed by atoms with Gasteiger partial charge in [-0.1, -0.05) is 11.8 Å². The van der Waals surface area contributed by atoms with Crippen LogP contribution in [-0.4, -0.2) is 74.8 Å². The van der Waals surface area contributed by atoms with Crippen molar-refractivity contribution in [3.05, 3.63) is 17.0 Å². The van der Waals surface area contributed by atoms with Crippen molar-refractivity contribution in [1.29, 1.82) is 0 Å². The van der Waals surface area contributed by atoms with Gasteiger partial charge < -0.3 is 9.80 Å². The molecule has 0 saturated carbocycles. The Morgan fingerprint density at radius 2 is 1.92 bits per heavy atom. The number of hydrogen-bond donors (Lipinski definition) is 0. The first-order valence-electron chi connectivity index (χ1n) is 8.61. The summed E-state index contributed by atoms with van der Waals surface area (Å²) in [6.07, 6.45) is 4.39. The molecule has 1 aliphatic heterocycles. The molecule has 0 atom stereocenters. The second-order valence-electron chi connectivity index (χ2n) is 6.82. The van der Waals surface area contributed by atoms with E-state index in [0.717, 1.165) is 42.9 Å². The number of carbonyl (C=O) groups excluding carboxylic acids is 1. The Labute approximate surface area is 152 Å². The van der Waals surface area contributed by atoms with Gasteiger partial charge in [-0.2, -0.15) is 4.98 Å². The van der Waals surface area contributed by atoms with Crippen LogP contribution in [0.5, 0.6) is 0 Å². The van der Waals surface area contributed by atoms with Gasteiger partial charge in [0.1, 0.15) is 0 Å². The van der Waals surface area contributed by atoms with E-state index in [1.54, 1.807) is 4.52 Å². The van der Waals surface area contributed by atoms with E-state index in [2.05, 4.69) is 34.1 Å². The number of hydrogen-bond acceptors (Lipinski definition) is 6. The maximum Gasteiger partial charge on any atom is 0.253 e. The van der Waals surface area contributed by atoms with E-state index in [1.807, 2.05) is 25.0 Å².